The van der Waals surface area contributed by atoms with Crippen LogP contribution in [0.3, 0.4) is 0 Å². The predicted molar refractivity (Wildman–Crippen MR) is 398 cm³/mol. The lowest BCUT2D eigenvalue weighted by Gasteiger charge is -2.19. The second-order valence-corrected chi connectivity index (χ2v) is 24.4. The summed E-state index contributed by atoms with van der Waals surface area (Å²) in [6, 6.07) is 103. The second kappa shape index (κ2) is 23.5. The van der Waals surface area contributed by atoms with E-state index in [4.69, 9.17) is 19.9 Å². The molecule has 0 unspecified atom stereocenters. The minimum atomic E-state index is 0.695. The van der Waals surface area contributed by atoms with Gasteiger partial charge in [-0.05, 0) is 182 Å². The minimum Gasteiger partial charge on any atom is -0.248 e. The van der Waals surface area contributed by atoms with Gasteiger partial charge in [-0.15, -0.1) is 0 Å². The smallest absolute Gasteiger partial charge is 0.156 e. The summed E-state index contributed by atoms with van der Waals surface area (Å²) in [5, 5.41) is 15.7. The van der Waals surface area contributed by atoms with Crippen molar-refractivity contribution in [3.63, 3.8) is 0 Å². The van der Waals surface area contributed by atoms with Gasteiger partial charge in [0.25, 0.3) is 0 Å². The van der Waals surface area contributed by atoms with Crippen molar-refractivity contribution in [3.8, 4) is 78.3 Å². The van der Waals surface area contributed by atoms with Crippen LogP contribution in [-0.4, -0.2) is 19.9 Å². The van der Waals surface area contributed by atoms with E-state index in [-0.39, 0.29) is 0 Å². The highest BCUT2D eigenvalue weighted by molar-refractivity contribution is 6.27. The summed E-state index contributed by atoms with van der Waals surface area (Å²) in [7, 11) is 0. The van der Waals surface area contributed by atoms with E-state index in [1.165, 1.54) is 64.6 Å². The third-order valence-electron chi connectivity index (χ3n) is 18.9. The summed E-state index contributed by atoms with van der Waals surface area (Å²) in [5.74, 6) is 0.695. The highest BCUT2D eigenvalue weighted by Crippen LogP contribution is 2.45. The lowest BCUT2D eigenvalue weighted by atomic mass is 9.88. The molecule has 1 aliphatic carbocycles. The van der Waals surface area contributed by atoms with E-state index in [0.29, 0.717) is 12.2 Å². The molecule has 0 fully saturated rings. The highest BCUT2D eigenvalue weighted by atomic mass is 14.9. The van der Waals surface area contributed by atoms with Gasteiger partial charge in [-0.25, -0.2) is 19.9 Å². The third kappa shape index (κ3) is 9.97. The van der Waals surface area contributed by atoms with Gasteiger partial charge < -0.3 is 0 Å². The second-order valence-electron chi connectivity index (χ2n) is 24.4. The van der Waals surface area contributed by atoms with Gasteiger partial charge in [0.1, 0.15) is 0 Å². The lowest BCUT2D eigenvalue weighted by Crippen LogP contribution is -2.04. The van der Waals surface area contributed by atoms with Crippen molar-refractivity contribution >= 4 is 92.3 Å². The molecule has 16 aromatic rings. The van der Waals surface area contributed by atoms with E-state index >= 15 is 0 Å². The number of hydrogen-bond donors (Lipinski definition) is 0. The summed E-state index contributed by atoms with van der Waals surface area (Å²) in [6.07, 6.45) is 11.5. The maximum Gasteiger partial charge on any atom is 0.156 e. The summed E-state index contributed by atoms with van der Waals surface area (Å²) in [4.78, 5) is 22.1. The Hall–Kier alpha value is -12.2. The Balaban J connectivity index is 0.902. The number of fused-ring (bicyclic) bond motifs is 13. The van der Waals surface area contributed by atoms with E-state index < -0.39 is 0 Å². The molecule has 4 heteroatoms. The number of allylic oxidation sites excluding steroid dienone is 8. The van der Waals surface area contributed by atoms with Gasteiger partial charge in [0.15, 0.2) is 5.82 Å². The number of aromatic nitrogens is 4. The van der Waals surface area contributed by atoms with Crippen LogP contribution in [0.15, 0.2) is 329 Å². The molecule has 1 aliphatic rings. The molecule has 4 nitrogen and oxygen atoms in total. The molecule has 0 spiro atoms. The zero-order chi connectivity index (χ0) is 62.6. The van der Waals surface area contributed by atoms with Crippen molar-refractivity contribution < 1.29 is 0 Å². The molecule has 3 heterocycles. The van der Waals surface area contributed by atoms with Gasteiger partial charge in [0, 0.05) is 27.6 Å². The van der Waals surface area contributed by atoms with Crippen molar-refractivity contribution in [1.82, 2.24) is 19.9 Å². The molecule has 440 valence electrons. The summed E-state index contributed by atoms with van der Waals surface area (Å²) >= 11 is 0. The molecule has 0 saturated carbocycles. The topological polar surface area (TPSA) is 51.6 Å². The Morgan fingerprint density at radius 2 is 0.691 bits per heavy atom. The molecule has 13 aromatic carbocycles. The SMILES string of the molecule is C=C/C=C(\C=C)c1cc(-c2ccccc2)cc(C2=CC=C(c3nc(-c4ccc(-c5cc(-c6ccccc6)nc(-c6ccccc6)c5)cc4)c4cc(-c5ccc6c7ccccc7c7ccccc7c6c5)cc(-c5ccc6c7ccccc7c7ccccc7c6c5)c4n3)CC2)n1. The van der Waals surface area contributed by atoms with Gasteiger partial charge in [0.05, 0.1) is 34.0 Å². The van der Waals surface area contributed by atoms with Gasteiger partial charge in [-0.1, -0.05) is 280 Å². The summed E-state index contributed by atoms with van der Waals surface area (Å²) in [6.45, 7) is 8.16. The molecular weight excluding hydrogens is 1140 g/mol. The van der Waals surface area contributed by atoms with E-state index in [1.54, 1.807) is 6.08 Å². The van der Waals surface area contributed by atoms with Gasteiger partial charge in [-0.2, -0.15) is 0 Å². The Bertz CT molecular complexity index is 5730. The number of rotatable bonds is 12. The molecule has 0 aliphatic heterocycles. The molecule has 0 N–H and O–H groups in total. The fraction of sp³-hybridized carbons (Fsp3) is 0.0222. The van der Waals surface area contributed by atoms with Gasteiger partial charge in [0.2, 0.25) is 0 Å². The highest BCUT2D eigenvalue weighted by Gasteiger charge is 2.23. The first-order valence-electron chi connectivity index (χ1n) is 32.2. The first-order valence-corrected chi connectivity index (χ1v) is 32.2. The van der Waals surface area contributed by atoms with Crippen molar-refractivity contribution in [1.29, 1.82) is 0 Å². The van der Waals surface area contributed by atoms with E-state index in [2.05, 4.69) is 310 Å². The van der Waals surface area contributed by atoms with Crippen LogP contribution < -0.4 is 0 Å². The number of nitrogens with zero attached hydrogens (tertiary/aromatic N) is 4. The molecule has 0 amide bonds. The van der Waals surface area contributed by atoms with Crippen molar-refractivity contribution in [2.45, 2.75) is 12.8 Å². The number of hydrogen-bond acceptors (Lipinski definition) is 4. The van der Waals surface area contributed by atoms with Crippen LogP contribution >= 0.6 is 0 Å². The minimum absolute atomic E-state index is 0.695. The molecule has 94 heavy (non-hydrogen) atoms. The average molecular weight is 1200 g/mol. The van der Waals surface area contributed by atoms with Crippen molar-refractivity contribution in [2.24, 2.45) is 0 Å². The Morgan fingerprint density at radius 1 is 0.287 bits per heavy atom. The maximum absolute atomic E-state index is 5.82. The van der Waals surface area contributed by atoms with E-state index in [0.717, 1.165) is 124 Å². The largest absolute Gasteiger partial charge is 0.248 e. The van der Waals surface area contributed by atoms with Crippen LogP contribution in [-0.2, 0) is 0 Å². The summed E-state index contributed by atoms with van der Waals surface area (Å²) in [5.41, 5.74) is 20.2. The fourth-order valence-electron chi connectivity index (χ4n) is 14.2. The van der Waals surface area contributed by atoms with Gasteiger partial charge >= 0.3 is 0 Å². The fourth-order valence-corrected chi connectivity index (χ4v) is 14.2. The molecule has 3 aromatic heterocycles. The van der Waals surface area contributed by atoms with Crippen LogP contribution in [0.4, 0.5) is 0 Å². The van der Waals surface area contributed by atoms with Crippen LogP contribution in [0, 0.1) is 0 Å². The maximum atomic E-state index is 5.82. The Kier molecular flexibility index (Phi) is 14.0. The van der Waals surface area contributed by atoms with Crippen molar-refractivity contribution in [3.05, 3.63) is 346 Å². The number of benzene rings is 13. The molecule has 0 bridgehead atoms. The third-order valence-corrected chi connectivity index (χ3v) is 18.9. The van der Waals surface area contributed by atoms with Crippen molar-refractivity contribution in [2.75, 3.05) is 0 Å². The van der Waals surface area contributed by atoms with E-state index in [1.807, 2.05) is 12.2 Å². The molecule has 0 radical (unpaired) electrons. The quantitative estimate of drug-likeness (QED) is 0.0904. The predicted octanol–water partition coefficient (Wildman–Crippen LogP) is 24.0. The normalized spacial score (nSPS) is 12.7. The summed E-state index contributed by atoms with van der Waals surface area (Å²) < 4.78 is 0. The molecule has 0 saturated heterocycles. The molecular formula is C90H60N4. The van der Waals surface area contributed by atoms with Gasteiger partial charge in [-0.3, -0.25) is 0 Å². The first kappa shape index (κ1) is 55.8. The first-order chi connectivity index (χ1) is 46.5. The number of pyridine rings is 2. The van der Waals surface area contributed by atoms with Crippen LogP contribution in [0.1, 0.15) is 30.1 Å². The van der Waals surface area contributed by atoms with Crippen LogP contribution in [0.25, 0.3) is 171 Å². The lowest BCUT2D eigenvalue weighted by molar-refractivity contribution is 1.02. The standard InChI is InChI=1S/C90H60N4/c1-3-22-57(4-2)84-53-68(58-23-8-5-9-24-58)54-87(91-84)62-39-43-64(44-40-62)90-93-88(63-41-37-59(38-42-63)69-55-85(60-25-10-6-11-26-60)92-86(56-69)61-27-12-7-13-28-61)83-52-67(65-45-47-78-74-33-16-14-29-70(74)72-31-18-20-35-76(72)81(78)49-65)51-80(89(83)94-90)66-46-48-79-75-34-17-15-30-71(75)73-32-19-21-36-77(73)82(79)50-66/h3-39,41-43,45-56H,1-2,40,44H2/b57-22+. The average Bonchev–Trinajstić information content (AvgIpc) is 0.784. The van der Waals surface area contributed by atoms with E-state index in [9.17, 15) is 0 Å². The Labute approximate surface area is 545 Å². The Morgan fingerprint density at radius 3 is 1.21 bits per heavy atom. The van der Waals surface area contributed by atoms with Crippen LogP contribution in [0.5, 0.6) is 0 Å². The molecule has 0 atom stereocenters. The van der Waals surface area contributed by atoms with Crippen LogP contribution in [0.2, 0.25) is 0 Å². The monoisotopic (exact) mass is 1200 g/mol. The zero-order valence-corrected chi connectivity index (χ0v) is 51.6. The molecule has 17 rings (SSSR count). The zero-order valence-electron chi connectivity index (χ0n) is 51.6.